The van der Waals surface area contributed by atoms with Crippen molar-refractivity contribution in [3.8, 4) is 0 Å². The highest BCUT2D eigenvalue weighted by atomic mass is 32.2. The Morgan fingerprint density at radius 2 is 2.05 bits per heavy atom. The second-order valence-corrected chi connectivity index (χ2v) is 7.63. The van der Waals surface area contributed by atoms with Crippen molar-refractivity contribution in [3.05, 3.63) is 29.8 Å². The standard InChI is InChI=1S/C15H21NO4S/c1-11-6-4-7-12(10-11)16(2)21(18,19)14-9-5-8-13(14)15(17)20-3/h4,6-7,10,13-14H,5,8-9H2,1-3H3. The monoisotopic (exact) mass is 311 g/mol. The van der Waals surface area contributed by atoms with Crippen LogP contribution in [0.1, 0.15) is 24.8 Å². The Morgan fingerprint density at radius 3 is 2.67 bits per heavy atom. The Labute approximate surface area is 126 Å². The lowest BCUT2D eigenvalue weighted by Crippen LogP contribution is -2.40. The summed E-state index contributed by atoms with van der Waals surface area (Å²) >= 11 is 0. The molecule has 2 atom stereocenters. The van der Waals surface area contributed by atoms with Gasteiger partial charge in [0.2, 0.25) is 10.0 Å². The van der Waals surface area contributed by atoms with Gasteiger partial charge in [0.1, 0.15) is 0 Å². The van der Waals surface area contributed by atoms with E-state index in [1.54, 1.807) is 6.07 Å². The number of rotatable bonds is 4. The summed E-state index contributed by atoms with van der Waals surface area (Å²) in [6.07, 6.45) is 1.79. The number of nitrogens with zero attached hydrogens (tertiary/aromatic N) is 1. The number of sulfonamides is 1. The van der Waals surface area contributed by atoms with Crippen LogP contribution in [0.25, 0.3) is 0 Å². The molecule has 2 unspecified atom stereocenters. The lowest BCUT2D eigenvalue weighted by atomic mass is 10.1. The maximum absolute atomic E-state index is 12.8. The van der Waals surface area contributed by atoms with Crippen molar-refractivity contribution in [2.75, 3.05) is 18.5 Å². The summed E-state index contributed by atoms with van der Waals surface area (Å²) in [5.41, 5.74) is 1.61. The molecule has 2 rings (SSSR count). The third-order valence-corrected chi connectivity index (χ3v) is 6.39. The quantitative estimate of drug-likeness (QED) is 0.799. The van der Waals surface area contributed by atoms with Gasteiger partial charge in [0.15, 0.2) is 0 Å². The predicted octanol–water partition coefficient (Wildman–Crippen LogP) is 2.10. The van der Waals surface area contributed by atoms with E-state index >= 15 is 0 Å². The van der Waals surface area contributed by atoms with Crippen LogP contribution in [-0.4, -0.2) is 33.8 Å². The number of ether oxygens (including phenoxy) is 1. The summed E-state index contributed by atoms with van der Waals surface area (Å²) in [6.45, 7) is 1.91. The average Bonchev–Trinajstić information content (AvgIpc) is 2.95. The first-order valence-electron chi connectivity index (χ1n) is 7.00. The van der Waals surface area contributed by atoms with Crippen molar-refractivity contribution in [1.82, 2.24) is 0 Å². The fraction of sp³-hybridized carbons (Fsp3) is 0.533. The van der Waals surface area contributed by atoms with E-state index in [4.69, 9.17) is 4.74 Å². The van der Waals surface area contributed by atoms with E-state index in [0.717, 1.165) is 12.0 Å². The van der Waals surface area contributed by atoms with Gasteiger partial charge in [0.25, 0.3) is 0 Å². The van der Waals surface area contributed by atoms with Crippen LogP contribution in [0.3, 0.4) is 0 Å². The van der Waals surface area contributed by atoms with Gasteiger partial charge in [0, 0.05) is 7.05 Å². The average molecular weight is 311 g/mol. The van der Waals surface area contributed by atoms with Crippen LogP contribution in [0.15, 0.2) is 24.3 Å². The number of methoxy groups -OCH3 is 1. The number of benzene rings is 1. The highest BCUT2D eigenvalue weighted by Gasteiger charge is 2.44. The fourth-order valence-electron chi connectivity index (χ4n) is 2.88. The summed E-state index contributed by atoms with van der Waals surface area (Å²) in [6, 6.07) is 7.31. The third kappa shape index (κ3) is 3.05. The first-order valence-corrected chi connectivity index (χ1v) is 8.50. The molecule has 0 N–H and O–H groups in total. The molecule has 0 heterocycles. The molecule has 1 aliphatic carbocycles. The van der Waals surface area contributed by atoms with Gasteiger partial charge < -0.3 is 4.74 Å². The van der Waals surface area contributed by atoms with Gasteiger partial charge in [-0.15, -0.1) is 0 Å². The molecule has 1 saturated carbocycles. The highest BCUT2D eigenvalue weighted by Crippen LogP contribution is 2.34. The molecule has 0 amide bonds. The molecule has 1 aromatic carbocycles. The Bertz CT molecular complexity index is 626. The van der Waals surface area contributed by atoms with Gasteiger partial charge in [0.05, 0.1) is 24.0 Å². The van der Waals surface area contributed by atoms with Crippen LogP contribution in [0.5, 0.6) is 0 Å². The molecule has 1 aromatic rings. The van der Waals surface area contributed by atoms with Gasteiger partial charge in [-0.1, -0.05) is 18.6 Å². The van der Waals surface area contributed by atoms with Gasteiger partial charge in [-0.05, 0) is 37.5 Å². The van der Waals surface area contributed by atoms with E-state index in [0.29, 0.717) is 18.5 Å². The smallest absolute Gasteiger partial charge is 0.310 e. The zero-order chi connectivity index (χ0) is 15.6. The molecule has 1 aliphatic rings. The van der Waals surface area contributed by atoms with Gasteiger partial charge in [-0.3, -0.25) is 9.10 Å². The van der Waals surface area contributed by atoms with Crippen LogP contribution in [0.2, 0.25) is 0 Å². The van der Waals surface area contributed by atoms with E-state index in [1.807, 2.05) is 25.1 Å². The first-order chi connectivity index (χ1) is 9.87. The molecule has 1 fully saturated rings. The van der Waals surface area contributed by atoms with Crippen LogP contribution in [-0.2, 0) is 19.6 Å². The fourth-order valence-corrected chi connectivity index (χ4v) is 4.82. The van der Waals surface area contributed by atoms with Gasteiger partial charge in [-0.2, -0.15) is 0 Å². The van der Waals surface area contributed by atoms with Crippen LogP contribution in [0, 0.1) is 12.8 Å². The number of hydrogen-bond donors (Lipinski definition) is 0. The van der Waals surface area contributed by atoms with Crippen molar-refractivity contribution >= 4 is 21.7 Å². The summed E-state index contributed by atoms with van der Waals surface area (Å²) in [7, 11) is -0.742. The molecular formula is C15H21NO4S. The van der Waals surface area contributed by atoms with Crippen molar-refractivity contribution in [2.24, 2.45) is 5.92 Å². The molecule has 0 radical (unpaired) electrons. The second kappa shape index (κ2) is 6.05. The summed E-state index contributed by atoms with van der Waals surface area (Å²) < 4.78 is 31.6. The zero-order valence-electron chi connectivity index (χ0n) is 12.6. The van der Waals surface area contributed by atoms with E-state index in [9.17, 15) is 13.2 Å². The van der Waals surface area contributed by atoms with Crippen LogP contribution < -0.4 is 4.31 Å². The molecule has 0 aromatic heterocycles. The van der Waals surface area contributed by atoms with E-state index in [-0.39, 0.29) is 0 Å². The number of hydrogen-bond acceptors (Lipinski definition) is 4. The van der Waals surface area contributed by atoms with Crippen molar-refractivity contribution in [3.63, 3.8) is 0 Å². The number of carbonyl (C=O) groups excluding carboxylic acids is 1. The Morgan fingerprint density at radius 1 is 1.33 bits per heavy atom. The largest absolute Gasteiger partial charge is 0.469 e. The Balaban J connectivity index is 2.30. The molecule has 6 heteroatoms. The Hall–Kier alpha value is -1.56. The van der Waals surface area contributed by atoms with Gasteiger partial charge >= 0.3 is 5.97 Å². The van der Waals surface area contributed by atoms with Crippen LogP contribution >= 0.6 is 0 Å². The van der Waals surface area contributed by atoms with Crippen molar-refractivity contribution < 1.29 is 17.9 Å². The minimum absolute atomic E-state index is 0.432. The zero-order valence-corrected chi connectivity index (χ0v) is 13.4. The molecule has 0 spiro atoms. The van der Waals surface area contributed by atoms with Crippen molar-refractivity contribution in [2.45, 2.75) is 31.4 Å². The molecule has 0 aliphatic heterocycles. The lowest BCUT2D eigenvalue weighted by Gasteiger charge is -2.26. The van der Waals surface area contributed by atoms with Gasteiger partial charge in [-0.25, -0.2) is 8.42 Å². The number of esters is 1. The molecule has 116 valence electrons. The molecular weight excluding hydrogens is 290 g/mol. The van der Waals surface area contributed by atoms with E-state index < -0.39 is 27.2 Å². The maximum Gasteiger partial charge on any atom is 0.310 e. The Kier molecular flexibility index (Phi) is 4.56. The minimum atomic E-state index is -3.58. The normalized spacial score (nSPS) is 22.0. The summed E-state index contributed by atoms with van der Waals surface area (Å²) in [5, 5.41) is -0.699. The predicted molar refractivity (Wildman–Crippen MR) is 81.6 cm³/mol. The minimum Gasteiger partial charge on any atom is -0.469 e. The first kappa shape index (κ1) is 15.8. The summed E-state index contributed by atoms with van der Waals surface area (Å²) in [5.74, 6) is -0.994. The molecule has 0 bridgehead atoms. The molecule has 5 nitrogen and oxygen atoms in total. The van der Waals surface area contributed by atoms with E-state index in [1.165, 1.54) is 18.5 Å². The SMILES string of the molecule is COC(=O)C1CCCC1S(=O)(=O)N(C)c1cccc(C)c1. The molecule has 0 saturated heterocycles. The topological polar surface area (TPSA) is 63.7 Å². The summed E-state index contributed by atoms with van der Waals surface area (Å²) in [4.78, 5) is 11.8. The second-order valence-electron chi connectivity index (χ2n) is 5.45. The van der Waals surface area contributed by atoms with Crippen LogP contribution in [0.4, 0.5) is 5.69 Å². The van der Waals surface area contributed by atoms with Crippen molar-refractivity contribution in [1.29, 1.82) is 0 Å². The molecule has 21 heavy (non-hydrogen) atoms. The maximum atomic E-state index is 12.8. The third-order valence-electron chi connectivity index (χ3n) is 4.09. The van der Waals surface area contributed by atoms with E-state index in [2.05, 4.69) is 0 Å². The number of aryl methyl sites for hydroxylation is 1. The number of carbonyl (C=O) groups is 1. The lowest BCUT2D eigenvalue weighted by molar-refractivity contribution is -0.145. The highest BCUT2D eigenvalue weighted by molar-refractivity contribution is 7.93. The number of anilines is 1.